The molecule has 1 aliphatic rings. The van der Waals surface area contributed by atoms with Gasteiger partial charge < -0.3 is 14.4 Å². The smallest absolute Gasteiger partial charge is 0.317 e. The van der Waals surface area contributed by atoms with Gasteiger partial charge in [0.05, 0.1) is 11.0 Å². The van der Waals surface area contributed by atoms with E-state index >= 15 is 0 Å². The molecule has 0 unspecified atom stereocenters. The van der Waals surface area contributed by atoms with E-state index in [1.165, 1.54) is 14.7 Å². The molecule has 1 fully saturated rings. The van der Waals surface area contributed by atoms with Gasteiger partial charge in [0.2, 0.25) is 5.91 Å². The van der Waals surface area contributed by atoms with Gasteiger partial charge in [-0.25, -0.2) is 0 Å². The van der Waals surface area contributed by atoms with Gasteiger partial charge in [0.25, 0.3) is 0 Å². The van der Waals surface area contributed by atoms with Crippen LogP contribution >= 0.6 is 0 Å². The first kappa shape index (κ1) is 19.9. The molecule has 1 saturated heterocycles. The van der Waals surface area contributed by atoms with Gasteiger partial charge in [0, 0.05) is 38.4 Å². The molecule has 30 heavy (non-hydrogen) atoms. The molecule has 0 N–H and O–H groups in total. The van der Waals surface area contributed by atoms with Crippen molar-refractivity contribution < 1.29 is 4.79 Å². The summed E-state index contributed by atoms with van der Waals surface area (Å²) >= 11 is 0. The molecule has 7 nitrogen and oxygen atoms in total. The first-order valence-electron chi connectivity index (χ1n) is 10.2. The standard InChI is InChI=1S/C23H26N4O3/c1-16-7-6-8-18(13-16)26-12-11-25(14-17(26)2)21(28)15-27-20-10-5-4-9-19(20)24(3)22(29)23(27)30/h4-10,13,17H,11-12,14-15H2,1-3H3/t17-/m1/s1. The topological polar surface area (TPSA) is 67.5 Å². The van der Waals surface area contributed by atoms with Crippen LogP contribution < -0.4 is 16.0 Å². The van der Waals surface area contributed by atoms with Crippen LogP contribution in [-0.2, 0) is 18.4 Å². The van der Waals surface area contributed by atoms with Gasteiger partial charge in [-0.3, -0.25) is 19.0 Å². The molecule has 1 aliphatic heterocycles. The lowest BCUT2D eigenvalue weighted by atomic mass is 10.1. The number of piperazine rings is 1. The van der Waals surface area contributed by atoms with Crippen molar-refractivity contribution >= 4 is 22.6 Å². The van der Waals surface area contributed by atoms with E-state index in [2.05, 4.69) is 36.9 Å². The Hall–Kier alpha value is -3.35. The quantitative estimate of drug-likeness (QED) is 0.622. The van der Waals surface area contributed by atoms with Gasteiger partial charge in [-0.2, -0.15) is 0 Å². The number of carbonyl (C=O) groups excluding carboxylic acids is 1. The molecule has 156 valence electrons. The number of rotatable bonds is 3. The SMILES string of the molecule is Cc1cccc(N2CCN(C(=O)Cn3c(=O)c(=O)n(C)c4ccccc43)C[C@H]2C)c1. The van der Waals surface area contributed by atoms with Crippen LogP contribution in [0, 0.1) is 6.92 Å². The lowest BCUT2D eigenvalue weighted by Crippen LogP contribution is -2.55. The second kappa shape index (κ2) is 7.82. The fourth-order valence-corrected chi connectivity index (χ4v) is 4.22. The predicted octanol–water partition coefficient (Wildman–Crippen LogP) is 1.75. The highest BCUT2D eigenvalue weighted by atomic mass is 16.2. The zero-order valence-electron chi connectivity index (χ0n) is 17.5. The Labute approximate surface area is 174 Å². The molecule has 1 aromatic heterocycles. The fourth-order valence-electron chi connectivity index (χ4n) is 4.22. The van der Waals surface area contributed by atoms with Crippen LogP contribution in [0.25, 0.3) is 11.0 Å². The monoisotopic (exact) mass is 406 g/mol. The molecule has 2 heterocycles. The van der Waals surface area contributed by atoms with Crippen LogP contribution in [-0.4, -0.2) is 45.6 Å². The van der Waals surface area contributed by atoms with Gasteiger partial charge in [0.1, 0.15) is 6.54 Å². The number of para-hydroxylation sites is 2. The van der Waals surface area contributed by atoms with Gasteiger partial charge in [0.15, 0.2) is 0 Å². The molecule has 4 rings (SSSR count). The van der Waals surface area contributed by atoms with Crippen LogP contribution in [0.2, 0.25) is 0 Å². The van der Waals surface area contributed by atoms with Gasteiger partial charge in [-0.1, -0.05) is 24.3 Å². The van der Waals surface area contributed by atoms with E-state index in [1.54, 1.807) is 30.1 Å². The molecule has 0 aliphatic carbocycles. The second-order valence-electron chi connectivity index (χ2n) is 7.97. The third-order valence-corrected chi connectivity index (χ3v) is 5.87. The molecule has 1 atom stereocenters. The fraction of sp³-hybridized carbons (Fsp3) is 0.348. The minimum Gasteiger partial charge on any atom is -0.365 e. The number of benzene rings is 2. The second-order valence-corrected chi connectivity index (χ2v) is 7.97. The van der Waals surface area contributed by atoms with Crippen molar-refractivity contribution in [2.75, 3.05) is 24.5 Å². The summed E-state index contributed by atoms with van der Waals surface area (Å²) in [6, 6.07) is 15.7. The van der Waals surface area contributed by atoms with Gasteiger partial charge in [-0.05, 0) is 43.7 Å². The zero-order chi connectivity index (χ0) is 21.4. The number of aromatic nitrogens is 2. The maximum absolute atomic E-state index is 13.0. The largest absolute Gasteiger partial charge is 0.365 e. The normalized spacial score (nSPS) is 16.8. The van der Waals surface area contributed by atoms with Gasteiger partial charge >= 0.3 is 11.1 Å². The molecule has 1 amide bonds. The molecule has 7 heteroatoms. The first-order valence-corrected chi connectivity index (χ1v) is 10.2. The Balaban J connectivity index is 1.56. The lowest BCUT2D eigenvalue weighted by molar-refractivity contribution is -0.132. The Kier molecular flexibility index (Phi) is 5.20. The van der Waals surface area contributed by atoms with Crippen LogP contribution in [0.5, 0.6) is 0 Å². The number of hydrogen-bond acceptors (Lipinski definition) is 4. The summed E-state index contributed by atoms with van der Waals surface area (Å²) in [6.45, 7) is 5.91. The zero-order valence-corrected chi connectivity index (χ0v) is 17.5. The third kappa shape index (κ3) is 3.51. The molecule has 0 spiro atoms. The van der Waals surface area contributed by atoms with Crippen molar-refractivity contribution in [2.45, 2.75) is 26.4 Å². The van der Waals surface area contributed by atoms with E-state index in [1.807, 2.05) is 12.1 Å². The summed E-state index contributed by atoms with van der Waals surface area (Å²) in [6.07, 6.45) is 0. The van der Waals surface area contributed by atoms with Crippen molar-refractivity contribution in [2.24, 2.45) is 7.05 Å². The Morgan fingerprint density at radius 3 is 2.43 bits per heavy atom. The summed E-state index contributed by atoms with van der Waals surface area (Å²) < 4.78 is 2.64. The maximum atomic E-state index is 13.0. The highest BCUT2D eigenvalue weighted by molar-refractivity contribution is 5.80. The molecule has 0 radical (unpaired) electrons. The minimum absolute atomic E-state index is 0.132. The number of fused-ring (bicyclic) bond motifs is 1. The van der Waals surface area contributed by atoms with Crippen LogP contribution in [0.1, 0.15) is 12.5 Å². The van der Waals surface area contributed by atoms with E-state index in [-0.39, 0.29) is 18.5 Å². The number of amides is 1. The minimum atomic E-state index is -0.670. The Morgan fingerprint density at radius 1 is 1.00 bits per heavy atom. The van der Waals surface area contributed by atoms with E-state index in [0.29, 0.717) is 24.1 Å². The number of hydrogen-bond donors (Lipinski definition) is 0. The summed E-state index contributed by atoms with van der Waals surface area (Å²) in [4.78, 5) is 42.1. The highest BCUT2D eigenvalue weighted by Gasteiger charge is 2.27. The van der Waals surface area contributed by atoms with E-state index in [4.69, 9.17) is 0 Å². The van der Waals surface area contributed by atoms with Crippen LogP contribution in [0.4, 0.5) is 5.69 Å². The molecule has 0 bridgehead atoms. The summed E-state index contributed by atoms with van der Waals surface area (Å²) in [5.74, 6) is -0.147. The number of nitrogens with zero attached hydrogens (tertiary/aromatic N) is 4. The van der Waals surface area contributed by atoms with Gasteiger partial charge in [-0.15, -0.1) is 0 Å². The summed E-state index contributed by atoms with van der Waals surface area (Å²) in [5.41, 5.74) is 2.28. The molecule has 2 aromatic carbocycles. The van der Waals surface area contributed by atoms with Crippen molar-refractivity contribution in [3.05, 3.63) is 74.8 Å². The van der Waals surface area contributed by atoms with Crippen molar-refractivity contribution in [1.29, 1.82) is 0 Å². The highest BCUT2D eigenvalue weighted by Crippen LogP contribution is 2.22. The molecule has 0 saturated carbocycles. The molecular formula is C23H26N4O3. The Morgan fingerprint density at radius 2 is 1.73 bits per heavy atom. The van der Waals surface area contributed by atoms with E-state index in [0.717, 1.165) is 12.2 Å². The van der Waals surface area contributed by atoms with Crippen LogP contribution in [0.3, 0.4) is 0 Å². The van der Waals surface area contributed by atoms with E-state index in [9.17, 15) is 14.4 Å². The molecular weight excluding hydrogens is 380 g/mol. The molecule has 3 aromatic rings. The number of aryl methyl sites for hydroxylation is 2. The third-order valence-electron chi connectivity index (χ3n) is 5.87. The summed E-state index contributed by atoms with van der Waals surface area (Å²) in [7, 11) is 1.57. The first-order chi connectivity index (χ1) is 14.4. The maximum Gasteiger partial charge on any atom is 0.317 e. The number of anilines is 1. The average Bonchev–Trinajstić information content (AvgIpc) is 2.75. The average molecular weight is 406 g/mol. The van der Waals surface area contributed by atoms with Crippen molar-refractivity contribution in [3.63, 3.8) is 0 Å². The predicted molar refractivity (Wildman–Crippen MR) is 118 cm³/mol. The van der Waals surface area contributed by atoms with Crippen molar-refractivity contribution in [1.82, 2.24) is 14.0 Å². The van der Waals surface area contributed by atoms with Crippen LogP contribution in [0.15, 0.2) is 58.1 Å². The number of carbonyl (C=O) groups is 1. The van der Waals surface area contributed by atoms with Crippen molar-refractivity contribution in [3.8, 4) is 0 Å². The Bertz CT molecular complexity index is 1230. The van der Waals surface area contributed by atoms with E-state index < -0.39 is 11.1 Å². The lowest BCUT2D eigenvalue weighted by Gasteiger charge is -2.41. The summed E-state index contributed by atoms with van der Waals surface area (Å²) in [5, 5.41) is 0.